The molecule has 0 atom stereocenters. The van der Waals surface area contributed by atoms with E-state index in [0.717, 1.165) is 5.56 Å². The summed E-state index contributed by atoms with van der Waals surface area (Å²) in [4.78, 5) is 37.6. The minimum Gasteiger partial charge on any atom is -0.508 e. The van der Waals surface area contributed by atoms with Crippen molar-refractivity contribution in [1.29, 1.82) is 0 Å². The second kappa shape index (κ2) is 11.4. The molecule has 3 aromatic rings. The number of carbonyl (C=O) groups is 3. The molecule has 0 unspecified atom stereocenters. The van der Waals surface area contributed by atoms with Gasteiger partial charge in [0, 0.05) is 11.3 Å². The Kier molecular flexibility index (Phi) is 8.32. The molecule has 188 valence electrons. The first-order valence-electron chi connectivity index (χ1n) is 11.4. The molecule has 8 nitrogen and oxygen atoms in total. The van der Waals surface area contributed by atoms with Crippen LogP contribution in [0.4, 0.5) is 5.69 Å². The van der Waals surface area contributed by atoms with E-state index in [-0.39, 0.29) is 24.6 Å². The zero-order valence-corrected chi connectivity index (χ0v) is 20.8. The predicted octanol–water partition coefficient (Wildman–Crippen LogP) is 4.32. The highest BCUT2D eigenvalue weighted by molar-refractivity contribution is 6.03. The standard InChI is InChI=1S/C28H30N2O6/c1-28(2,3)36-26(33)17-29-27(34)23-14-9-20(16-24(23)19-7-10-21(31)11-8-19)30-25(32)15-18-5-12-22(35-4)13-6-18/h5-14,16,31H,15,17H2,1-4H3,(H,29,34)(H,30,32). The van der Waals surface area contributed by atoms with Crippen molar-refractivity contribution in [2.75, 3.05) is 19.0 Å². The van der Waals surface area contributed by atoms with Gasteiger partial charge in [0.1, 0.15) is 23.6 Å². The Morgan fingerprint density at radius 3 is 2.19 bits per heavy atom. The second-order valence-electron chi connectivity index (χ2n) is 9.15. The highest BCUT2D eigenvalue weighted by Gasteiger charge is 2.19. The van der Waals surface area contributed by atoms with Crippen molar-refractivity contribution in [1.82, 2.24) is 5.32 Å². The van der Waals surface area contributed by atoms with Gasteiger partial charge in [0.05, 0.1) is 13.5 Å². The van der Waals surface area contributed by atoms with Gasteiger partial charge in [-0.2, -0.15) is 0 Å². The Bertz CT molecular complexity index is 1230. The highest BCUT2D eigenvalue weighted by Crippen LogP contribution is 2.29. The molecule has 0 spiro atoms. The molecule has 36 heavy (non-hydrogen) atoms. The van der Waals surface area contributed by atoms with Gasteiger partial charge in [-0.3, -0.25) is 14.4 Å². The molecular formula is C28H30N2O6. The first-order valence-corrected chi connectivity index (χ1v) is 11.4. The van der Waals surface area contributed by atoms with E-state index in [1.54, 1.807) is 70.3 Å². The first kappa shape index (κ1) is 26.3. The Labute approximate surface area is 210 Å². The Hall–Kier alpha value is -4.33. The molecule has 0 aromatic heterocycles. The fourth-order valence-electron chi connectivity index (χ4n) is 3.46. The number of phenolic OH excluding ortho intramolecular Hbond substituents is 1. The summed E-state index contributed by atoms with van der Waals surface area (Å²) in [6, 6.07) is 18.4. The maximum absolute atomic E-state index is 12.9. The molecule has 3 N–H and O–H groups in total. The van der Waals surface area contributed by atoms with Crippen molar-refractivity contribution in [2.45, 2.75) is 32.8 Å². The van der Waals surface area contributed by atoms with Crippen LogP contribution in [0.5, 0.6) is 11.5 Å². The van der Waals surface area contributed by atoms with Gasteiger partial charge in [-0.05, 0) is 79.9 Å². The van der Waals surface area contributed by atoms with E-state index in [9.17, 15) is 19.5 Å². The van der Waals surface area contributed by atoms with Crippen molar-refractivity contribution in [3.05, 3.63) is 77.9 Å². The number of methoxy groups -OCH3 is 1. The summed E-state index contributed by atoms with van der Waals surface area (Å²) in [6.07, 6.45) is 0.163. The highest BCUT2D eigenvalue weighted by atomic mass is 16.6. The number of carbonyl (C=O) groups excluding carboxylic acids is 3. The second-order valence-corrected chi connectivity index (χ2v) is 9.15. The number of esters is 1. The van der Waals surface area contributed by atoms with Crippen molar-refractivity contribution in [3.63, 3.8) is 0 Å². The SMILES string of the molecule is COc1ccc(CC(=O)Nc2ccc(C(=O)NCC(=O)OC(C)(C)C)c(-c3ccc(O)cc3)c2)cc1. The predicted molar refractivity (Wildman–Crippen MR) is 137 cm³/mol. The molecule has 0 radical (unpaired) electrons. The third-order valence-corrected chi connectivity index (χ3v) is 5.06. The van der Waals surface area contributed by atoms with Gasteiger partial charge in [-0.15, -0.1) is 0 Å². The lowest BCUT2D eigenvalue weighted by Gasteiger charge is -2.19. The fourth-order valence-corrected chi connectivity index (χ4v) is 3.46. The number of aromatic hydroxyl groups is 1. The lowest BCUT2D eigenvalue weighted by molar-refractivity contribution is -0.153. The number of nitrogens with one attached hydrogen (secondary N) is 2. The summed E-state index contributed by atoms with van der Waals surface area (Å²) in [5.41, 5.74) is 2.15. The van der Waals surface area contributed by atoms with Gasteiger partial charge in [0.25, 0.3) is 5.91 Å². The van der Waals surface area contributed by atoms with Gasteiger partial charge in [-0.25, -0.2) is 0 Å². The Balaban J connectivity index is 1.79. The number of hydrogen-bond acceptors (Lipinski definition) is 6. The van der Waals surface area contributed by atoms with E-state index in [0.29, 0.717) is 28.1 Å². The summed E-state index contributed by atoms with van der Waals surface area (Å²) < 4.78 is 10.4. The van der Waals surface area contributed by atoms with Crippen molar-refractivity contribution >= 4 is 23.5 Å². The van der Waals surface area contributed by atoms with Crippen LogP contribution in [0.2, 0.25) is 0 Å². The lowest BCUT2D eigenvalue weighted by Crippen LogP contribution is -2.34. The van der Waals surface area contributed by atoms with Crippen LogP contribution in [0, 0.1) is 0 Å². The first-order chi connectivity index (χ1) is 17.0. The third kappa shape index (κ3) is 7.59. The van der Waals surface area contributed by atoms with Crippen LogP contribution in [0.15, 0.2) is 66.7 Å². The minimum absolute atomic E-state index is 0.0821. The van der Waals surface area contributed by atoms with Crippen LogP contribution in [0.3, 0.4) is 0 Å². The zero-order chi connectivity index (χ0) is 26.3. The van der Waals surface area contributed by atoms with E-state index < -0.39 is 17.5 Å². The van der Waals surface area contributed by atoms with E-state index in [2.05, 4.69) is 10.6 Å². The summed E-state index contributed by atoms with van der Waals surface area (Å²) in [6.45, 7) is 4.96. The molecule has 3 rings (SSSR count). The molecule has 0 saturated carbocycles. The van der Waals surface area contributed by atoms with Gasteiger partial charge < -0.3 is 25.2 Å². The van der Waals surface area contributed by atoms with E-state index in [4.69, 9.17) is 9.47 Å². The quantitative estimate of drug-likeness (QED) is 0.405. The van der Waals surface area contributed by atoms with Gasteiger partial charge in [0.15, 0.2) is 0 Å². The molecule has 0 aliphatic rings. The normalized spacial score (nSPS) is 10.9. The number of rotatable bonds is 8. The van der Waals surface area contributed by atoms with Gasteiger partial charge in [0.2, 0.25) is 5.91 Å². The van der Waals surface area contributed by atoms with Crippen LogP contribution in [-0.4, -0.2) is 42.1 Å². The minimum atomic E-state index is -0.662. The van der Waals surface area contributed by atoms with Crippen LogP contribution in [-0.2, 0) is 20.7 Å². The lowest BCUT2D eigenvalue weighted by atomic mass is 9.98. The average molecular weight is 491 g/mol. The molecule has 2 amide bonds. The Morgan fingerprint density at radius 1 is 0.917 bits per heavy atom. The molecule has 0 fully saturated rings. The van der Waals surface area contributed by atoms with E-state index in [1.165, 1.54) is 12.1 Å². The monoisotopic (exact) mass is 490 g/mol. The number of amides is 2. The number of anilines is 1. The summed E-state index contributed by atoms with van der Waals surface area (Å²) in [5.74, 6) is -0.458. The third-order valence-electron chi connectivity index (χ3n) is 5.06. The Morgan fingerprint density at radius 2 is 1.58 bits per heavy atom. The van der Waals surface area contributed by atoms with Crippen LogP contribution < -0.4 is 15.4 Å². The molecular weight excluding hydrogens is 460 g/mol. The fraction of sp³-hybridized carbons (Fsp3) is 0.250. The molecule has 0 aliphatic carbocycles. The van der Waals surface area contributed by atoms with Gasteiger partial charge in [-0.1, -0.05) is 24.3 Å². The molecule has 0 heterocycles. The molecule has 0 bridgehead atoms. The molecule has 8 heteroatoms. The van der Waals surface area contributed by atoms with Crippen molar-refractivity contribution in [2.24, 2.45) is 0 Å². The smallest absolute Gasteiger partial charge is 0.325 e. The van der Waals surface area contributed by atoms with Crippen LogP contribution >= 0.6 is 0 Å². The maximum Gasteiger partial charge on any atom is 0.325 e. The topological polar surface area (TPSA) is 114 Å². The summed E-state index contributed by atoms with van der Waals surface area (Å²) in [7, 11) is 1.58. The molecule has 3 aromatic carbocycles. The van der Waals surface area contributed by atoms with E-state index in [1.807, 2.05) is 12.1 Å². The number of hydrogen-bond donors (Lipinski definition) is 3. The van der Waals surface area contributed by atoms with E-state index >= 15 is 0 Å². The van der Waals surface area contributed by atoms with Crippen LogP contribution in [0.1, 0.15) is 36.7 Å². The zero-order valence-electron chi connectivity index (χ0n) is 20.8. The van der Waals surface area contributed by atoms with Crippen LogP contribution in [0.25, 0.3) is 11.1 Å². The largest absolute Gasteiger partial charge is 0.508 e. The number of benzene rings is 3. The van der Waals surface area contributed by atoms with Crippen molar-refractivity contribution < 1.29 is 29.0 Å². The molecule has 0 saturated heterocycles. The summed E-state index contributed by atoms with van der Waals surface area (Å²) in [5, 5.41) is 15.1. The van der Waals surface area contributed by atoms with Gasteiger partial charge >= 0.3 is 5.97 Å². The maximum atomic E-state index is 12.9. The molecule has 0 aliphatic heterocycles. The average Bonchev–Trinajstić information content (AvgIpc) is 2.82. The van der Waals surface area contributed by atoms with Crippen molar-refractivity contribution in [3.8, 4) is 22.6 Å². The number of phenols is 1. The number of ether oxygens (including phenoxy) is 2. The summed E-state index contributed by atoms with van der Waals surface area (Å²) >= 11 is 0.